The number of hydrogen-bond acceptors (Lipinski definition) is 4. The van der Waals surface area contributed by atoms with Gasteiger partial charge in [-0.25, -0.2) is 0 Å². The number of hydrazone groups is 1. The molecule has 1 fully saturated rings. The predicted octanol–water partition coefficient (Wildman–Crippen LogP) is 3.09. The fourth-order valence-electron chi connectivity index (χ4n) is 4.01. The van der Waals surface area contributed by atoms with E-state index in [-0.39, 0.29) is 11.8 Å². The third kappa shape index (κ3) is 4.93. The minimum absolute atomic E-state index is 0.275. The number of nitrogens with zero attached hydrogens (tertiary/aromatic N) is 2. The van der Waals surface area contributed by atoms with Crippen molar-refractivity contribution in [2.45, 2.75) is 19.0 Å². The molecule has 1 aliphatic heterocycles. The number of amides is 2. The van der Waals surface area contributed by atoms with E-state index in [2.05, 4.69) is 10.7 Å². The lowest BCUT2D eigenvalue weighted by atomic mass is 9.99. The Morgan fingerprint density at radius 2 is 1.76 bits per heavy atom. The fourth-order valence-corrected chi connectivity index (χ4v) is 4.01. The van der Waals surface area contributed by atoms with E-state index in [1.54, 1.807) is 23.9 Å². The van der Waals surface area contributed by atoms with Gasteiger partial charge in [-0.3, -0.25) is 9.59 Å². The number of nitrogens with one attached hydrogen (secondary N) is 2. The molecule has 3 aromatic carbocycles. The Balaban J connectivity index is 1.69. The van der Waals surface area contributed by atoms with Crippen LogP contribution in [-0.4, -0.2) is 50.0 Å². The lowest BCUT2D eigenvalue weighted by molar-refractivity contribution is -0.596. The van der Waals surface area contributed by atoms with Crippen LogP contribution in [-0.2, 0) is 4.79 Å². The van der Waals surface area contributed by atoms with Gasteiger partial charge in [-0.15, -0.1) is 10.1 Å². The molecule has 34 heavy (non-hydrogen) atoms. The van der Waals surface area contributed by atoms with Gasteiger partial charge in [0.15, 0.2) is 6.04 Å². The van der Waals surface area contributed by atoms with Crippen molar-refractivity contribution in [2.75, 3.05) is 26.1 Å². The number of anilines is 1. The molecule has 1 heterocycles. The van der Waals surface area contributed by atoms with Crippen molar-refractivity contribution in [3.8, 4) is 5.75 Å². The van der Waals surface area contributed by atoms with E-state index >= 15 is 0 Å². The number of methoxy groups -OCH3 is 1. The lowest BCUT2D eigenvalue weighted by Crippen LogP contribution is -2.42. The molecule has 0 bridgehead atoms. The molecule has 3 aromatic rings. The van der Waals surface area contributed by atoms with Crippen LogP contribution in [0.15, 0.2) is 72.8 Å². The topological polar surface area (TPSA) is 73.7 Å². The molecular formula is C27H29N4O3+. The molecular weight excluding hydrogens is 428 g/mol. The number of benzene rings is 3. The molecule has 0 unspecified atom stereocenters. The van der Waals surface area contributed by atoms with E-state index in [1.807, 2.05) is 92.8 Å². The van der Waals surface area contributed by atoms with Gasteiger partial charge in [-0.1, -0.05) is 17.7 Å². The summed E-state index contributed by atoms with van der Waals surface area (Å²) in [6.07, 6.45) is 1.88. The Hall–Kier alpha value is -4.13. The summed E-state index contributed by atoms with van der Waals surface area (Å²) in [5, 5.41) is 2.94. The van der Waals surface area contributed by atoms with Gasteiger partial charge in [-0.05, 0) is 67.6 Å². The molecule has 7 heteroatoms. The van der Waals surface area contributed by atoms with Crippen LogP contribution in [0.4, 0.5) is 5.69 Å². The van der Waals surface area contributed by atoms with E-state index in [0.717, 1.165) is 28.1 Å². The number of carbonyl (C=O) groups is 2. The van der Waals surface area contributed by atoms with E-state index < -0.39 is 12.1 Å². The van der Waals surface area contributed by atoms with Gasteiger partial charge in [0.1, 0.15) is 5.75 Å². The van der Waals surface area contributed by atoms with Gasteiger partial charge in [0.2, 0.25) is 12.3 Å². The van der Waals surface area contributed by atoms with E-state index in [0.29, 0.717) is 5.56 Å². The van der Waals surface area contributed by atoms with Gasteiger partial charge >= 0.3 is 5.91 Å². The largest absolute Gasteiger partial charge is 0.497 e. The second-order valence-corrected chi connectivity index (χ2v) is 8.54. The summed E-state index contributed by atoms with van der Waals surface area (Å²) in [6, 6.07) is 21.6. The fraction of sp³-hybridized carbons (Fsp3) is 0.222. The average Bonchev–Trinajstić information content (AvgIpc) is 3.13. The number of ether oxygens (including phenoxy) is 1. The Bertz CT molecular complexity index is 1220. The van der Waals surface area contributed by atoms with Crippen LogP contribution in [0.1, 0.15) is 33.1 Å². The molecule has 2 atom stereocenters. The van der Waals surface area contributed by atoms with Crippen molar-refractivity contribution in [3.63, 3.8) is 0 Å². The summed E-state index contributed by atoms with van der Waals surface area (Å²) in [4.78, 5) is 28.1. The maximum absolute atomic E-state index is 13.0. The van der Waals surface area contributed by atoms with E-state index in [4.69, 9.17) is 4.74 Å². The van der Waals surface area contributed by atoms with Gasteiger partial charge in [0, 0.05) is 36.5 Å². The van der Waals surface area contributed by atoms with Crippen molar-refractivity contribution in [2.24, 2.45) is 0 Å². The molecule has 0 saturated carbocycles. The van der Waals surface area contributed by atoms with Crippen molar-refractivity contribution in [1.82, 2.24) is 10.7 Å². The molecule has 0 aromatic heterocycles. The van der Waals surface area contributed by atoms with Crippen LogP contribution < -0.4 is 20.4 Å². The van der Waals surface area contributed by atoms with Crippen molar-refractivity contribution in [1.29, 1.82) is 0 Å². The molecule has 0 aliphatic carbocycles. The highest BCUT2D eigenvalue weighted by atomic mass is 16.5. The number of aryl methyl sites for hydroxylation is 1. The summed E-state index contributed by atoms with van der Waals surface area (Å²) in [6.45, 7) is 1.93. The molecule has 1 saturated heterocycles. The van der Waals surface area contributed by atoms with Crippen molar-refractivity contribution >= 4 is 23.7 Å². The average molecular weight is 458 g/mol. The Kier molecular flexibility index (Phi) is 6.63. The third-order valence-corrected chi connectivity index (χ3v) is 5.86. The molecule has 7 nitrogen and oxygen atoms in total. The quantitative estimate of drug-likeness (QED) is 0.558. The molecule has 2 N–H and O–H groups in total. The first kappa shape index (κ1) is 23.0. The van der Waals surface area contributed by atoms with E-state index in [9.17, 15) is 9.59 Å². The van der Waals surface area contributed by atoms with Gasteiger partial charge in [-0.2, -0.15) is 0 Å². The number of hydrazine groups is 1. The summed E-state index contributed by atoms with van der Waals surface area (Å²) < 4.78 is 7.05. The zero-order valence-electron chi connectivity index (χ0n) is 19.8. The number of hydrogen-bond donors (Lipinski definition) is 2. The van der Waals surface area contributed by atoms with Crippen molar-refractivity contribution in [3.05, 3.63) is 95.1 Å². The first-order chi connectivity index (χ1) is 16.4. The summed E-state index contributed by atoms with van der Waals surface area (Å²) in [5.74, 6) is 0.152. The van der Waals surface area contributed by atoms with Crippen LogP contribution in [0.3, 0.4) is 0 Å². The number of carbonyl (C=O) groups excluding carboxylic acids is 2. The highest BCUT2D eigenvalue weighted by molar-refractivity contribution is 5.98. The Morgan fingerprint density at radius 3 is 2.38 bits per heavy atom. The Labute approximate surface area is 199 Å². The Morgan fingerprint density at radius 1 is 1.06 bits per heavy atom. The minimum atomic E-state index is -0.779. The van der Waals surface area contributed by atoms with Gasteiger partial charge < -0.3 is 15.0 Å². The molecule has 2 amide bonds. The highest BCUT2D eigenvalue weighted by Crippen LogP contribution is 2.27. The van der Waals surface area contributed by atoms with Gasteiger partial charge in [0.05, 0.1) is 7.11 Å². The zero-order chi connectivity index (χ0) is 24.2. The predicted molar refractivity (Wildman–Crippen MR) is 133 cm³/mol. The zero-order valence-corrected chi connectivity index (χ0v) is 19.8. The summed E-state index contributed by atoms with van der Waals surface area (Å²) in [5.41, 5.74) is 7.29. The minimum Gasteiger partial charge on any atom is -0.497 e. The second kappa shape index (κ2) is 9.79. The van der Waals surface area contributed by atoms with Crippen molar-refractivity contribution < 1.29 is 19.0 Å². The van der Waals surface area contributed by atoms with E-state index in [1.165, 1.54) is 0 Å². The van der Waals surface area contributed by atoms with Gasteiger partial charge in [0.25, 0.3) is 5.91 Å². The third-order valence-electron chi connectivity index (χ3n) is 5.86. The SMILES string of the molecule is COc1ccc([C@@H]2[C@H](NC(=O)c3cccc(C)c3)C(=O)N/[N+]2=C\c2ccc(N(C)C)cc2)cc1. The molecule has 4 rings (SSSR count). The van der Waals surface area contributed by atoms with Crippen LogP contribution in [0, 0.1) is 6.92 Å². The van der Waals surface area contributed by atoms with Crippen LogP contribution >= 0.6 is 0 Å². The summed E-state index contributed by atoms with van der Waals surface area (Å²) in [7, 11) is 5.58. The lowest BCUT2D eigenvalue weighted by Gasteiger charge is -2.15. The first-order valence-corrected chi connectivity index (χ1v) is 11.1. The van der Waals surface area contributed by atoms with Crippen LogP contribution in [0.25, 0.3) is 0 Å². The maximum atomic E-state index is 13.0. The number of rotatable bonds is 6. The monoisotopic (exact) mass is 457 g/mol. The molecule has 1 aliphatic rings. The highest BCUT2D eigenvalue weighted by Gasteiger charge is 2.47. The van der Waals surface area contributed by atoms with Crippen LogP contribution in [0.2, 0.25) is 0 Å². The normalized spacial score (nSPS) is 18.5. The molecule has 0 spiro atoms. The van der Waals surface area contributed by atoms with Crippen LogP contribution in [0.5, 0.6) is 5.75 Å². The molecule has 0 radical (unpaired) electrons. The molecule has 174 valence electrons. The summed E-state index contributed by atoms with van der Waals surface area (Å²) >= 11 is 0. The second-order valence-electron chi connectivity index (χ2n) is 8.54. The maximum Gasteiger partial charge on any atom is 0.304 e. The standard InChI is InChI=1S/C27H28N4O3/c1-18-6-5-7-21(16-18)26(32)28-24-25(20-10-14-23(34-4)15-11-20)31(29-27(24)33)17-19-8-12-22(13-9-19)30(2)3/h5-17,24-25H,1-4H3,(H-,28,29,32,33)/p+1/t24-,25+/m0/s1. The smallest absolute Gasteiger partial charge is 0.304 e. The first-order valence-electron chi connectivity index (χ1n) is 11.1.